The molecule has 172 valence electrons. The average molecular weight is 503 g/mol. The van der Waals surface area contributed by atoms with E-state index in [9.17, 15) is 14.7 Å². The zero-order chi connectivity index (χ0) is 24.2. The number of aromatic carboxylic acids is 1. The van der Waals surface area contributed by atoms with Gasteiger partial charge < -0.3 is 19.7 Å². The Morgan fingerprint density at radius 3 is 2.48 bits per heavy atom. The molecule has 0 atom stereocenters. The molecule has 0 aliphatic rings. The number of fused-ring (bicyclic) bond motifs is 1. The van der Waals surface area contributed by atoms with Gasteiger partial charge in [0.05, 0.1) is 16.1 Å². The molecule has 0 saturated heterocycles. The Morgan fingerprint density at radius 1 is 1.15 bits per heavy atom. The van der Waals surface area contributed by atoms with Crippen LogP contribution in [-0.4, -0.2) is 36.2 Å². The zero-order valence-electron chi connectivity index (χ0n) is 18.5. The quantitative estimate of drug-likeness (QED) is 0.237. The highest BCUT2D eigenvalue weighted by atomic mass is 35.5. The summed E-state index contributed by atoms with van der Waals surface area (Å²) in [5.74, 6) is 3.40. The number of amides is 1. The molecule has 1 heterocycles. The van der Waals surface area contributed by atoms with Gasteiger partial charge in [-0.2, -0.15) is 0 Å². The number of carbonyl (C=O) groups excluding carboxylic acids is 1. The summed E-state index contributed by atoms with van der Waals surface area (Å²) in [7, 11) is -1.31. The largest absolute Gasteiger partial charge is 0.477 e. The minimum absolute atomic E-state index is 0.00280. The van der Waals surface area contributed by atoms with Crippen LogP contribution in [0.3, 0.4) is 0 Å². The molecule has 2 N–H and O–H groups in total. The van der Waals surface area contributed by atoms with Crippen molar-refractivity contribution in [2.45, 2.75) is 32.4 Å². The van der Waals surface area contributed by atoms with Gasteiger partial charge in [0.1, 0.15) is 12.4 Å². The molecular weight excluding hydrogens is 479 g/mol. The first-order valence-electron chi connectivity index (χ1n) is 10.3. The van der Waals surface area contributed by atoms with Crippen LogP contribution in [0.15, 0.2) is 42.5 Å². The van der Waals surface area contributed by atoms with Crippen molar-refractivity contribution in [2.75, 3.05) is 11.9 Å². The van der Waals surface area contributed by atoms with Crippen molar-refractivity contribution in [1.29, 1.82) is 0 Å². The van der Waals surface area contributed by atoms with Crippen LogP contribution in [0.5, 0.6) is 0 Å². The van der Waals surface area contributed by atoms with Crippen LogP contribution in [0.1, 0.15) is 16.1 Å². The number of nitrogens with one attached hydrogen (secondary N) is 1. The van der Waals surface area contributed by atoms with E-state index in [1.165, 1.54) is 10.6 Å². The van der Waals surface area contributed by atoms with Crippen molar-refractivity contribution in [1.82, 2.24) is 4.57 Å². The van der Waals surface area contributed by atoms with Crippen molar-refractivity contribution < 1.29 is 19.4 Å². The minimum atomic E-state index is -1.31. The molecule has 3 rings (SSSR count). The fraction of sp³-hybridized carbons (Fsp3) is 0.250. The van der Waals surface area contributed by atoms with Crippen LogP contribution < -0.4 is 5.32 Å². The number of hydrogen-bond donors (Lipinski definition) is 2. The molecular formula is C24H24Cl2N2O4Si. The average Bonchev–Trinajstić information content (AvgIpc) is 3.03. The fourth-order valence-electron chi connectivity index (χ4n) is 3.21. The molecule has 0 spiro atoms. The van der Waals surface area contributed by atoms with Gasteiger partial charge >= 0.3 is 11.9 Å². The van der Waals surface area contributed by atoms with Crippen molar-refractivity contribution >= 4 is 59.7 Å². The molecule has 0 saturated carbocycles. The van der Waals surface area contributed by atoms with E-state index in [1.54, 1.807) is 30.3 Å². The topological polar surface area (TPSA) is 80.6 Å². The molecule has 0 aliphatic heterocycles. The summed E-state index contributed by atoms with van der Waals surface area (Å²) in [4.78, 5) is 24.6. The molecule has 0 unspecified atom stereocenters. The molecule has 1 aromatic heterocycles. The van der Waals surface area contributed by atoms with Crippen molar-refractivity contribution in [3.8, 4) is 11.8 Å². The minimum Gasteiger partial charge on any atom is -0.477 e. The van der Waals surface area contributed by atoms with Gasteiger partial charge in [-0.1, -0.05) is 67.0 Å². The molecule has 1 amide bonds. The van der Waals surface area contributed by atoms with Gasteiger partial charge in [-0.05, 0) is 30.3 Å². The van der Waals surface area contributed by atoms with Crippen molar-refractivity contribution in [2.24, 2.45) is 0 Å². The van der Waals surface area contributed by atoms with E-state index in [1.807, 2.05) is 6.07 Å². The van der Waals surface area contributed by atoms with Gasteiger partial charge in [0, 0.05) is 36.7 Å². The fourth-order valence-corrected chi connectivity index (χ4v) is 4.54. The summed E-state index contributed by atoms with van der Waals surface area (Å²) >= 11 is 12.6. The lowest BCUT2D eigenvalue weighted by Gasteiger charge is -2.16. The highest BCUT2D eigenvalue weighted by molar-refractivity contribution is 6.76. The standard InChI is InChI=1S/C24H24Cl2N2O4Si/c1-33(2,3)12-11-32-15-28-20-14-16(25)13-19(26)22(20)18(23(28)24(30)31)9-10-21(29)27-17-7-5-4-6-8-17/h4-8,13-14H,11-12,15H2,1-3H3,(H,27,29)(H,30,31). The van der Waals surface area contributed by atoms with Crippen LogP contribution in [0.2, 0.25) is 35.7 Å². The first kappa shape index (κ1) is 24.9. The molecule has 0 radical (unpaired) electrons. The third kappa shape index (κ3) is 6.40. The lowest BCUT2D eigenvalue weighted by Crippen LogP contribution is -2.22. The second-order valence-electron chi connectivity index (χ2n) is 8.66. The van der Waals surface area contributed by atoms with Gasteiger partial charge in [-0.25, -0.2) is 4.79 Å². The number of benzene rings is 2. The normalized spacial score (nSPS) is 11.2. The molecule has 6 nitrogen and oxygen atoms in total. The molecule has 2 aromatic carbocycles. The molecule has 33 heavy (non-hydrogen) atoms. The molecule has 9 heteroatoms. The van der Waals surface area contributed by atoms with Crippen LogP contribution in [-0.2, 0) is 16.3 Å². The second-order valence-corrected chi connectivity index (χ2v) is 15.1. The van der Waals surface area contributed by atoms with Crippen molar-refractivity contribution in [3.05, 3.63) is 63.8 Å². The van der Waals surface area contributed by atoms with Gasteiger partial charge in [-0.15, -0.1) is 0 Å². The third-order valence-corrected chi connectivity index (χ3v) is 7.05. The number of aromatic nitrogens is 1. The number of anilines is 1. The van der Waals surface area contributed by atoms with Crippen LogP contribution >= 0.6 is 23.2 Å². The Morgan fingerprint density at radius 2 is 1.85 bits per heavy atom. The maximum atomic E-state index is 12.3. The molecule has 0 aliphatic carbocycles. The van der Waals surface area contributed by atoms with Gasteiger partial charge in [0.15, 0.2) is 0 Å². The molecule has 3 aromatic rings. The Bertz CT molecular complexity index is 1250. The van der Waals surface area contributed by atoms with Crippen LogP contribution in [0.25, 0.3) is 10.9 Å². The van der Waals surface area contributed by atoms with Gasteiger partial charge in [0.2, 0.25) is 0 Å². The van der Waals surface area contributed by atoms with E-state index in [2.05, 4.69) is 36.8 Å². The number of rotatable bonds is 7. The summed E-state index contributed by atoms with van der Waals surface area (Å²) in [6.07, 6.45) is 0. The van der Waals surface area contributed by atoms with Crippen LogP contribution in [0.4, 0.5) is 5.69 Å². The lowest BCUT2D eigenvalue weighted by atomic mass is 10.1. The maximum Gasteiger partial charge on any atom is 0.353 e. The maximum absolute atomic E-state index is 12.3. The van der Waals surface area contributed by atoms with Crippen LogP contribution in [0, 0.1) is 11.8 Å². The molecule has 0 fully saturated rings. The lowest BCUT2D eigenvalue weighted by molar-refractivity contribution is -0.111. The predicted molar refractivity (Wildman–Crippen MR) is 135 cm³/mol. The SMILES string of the molecule is C[Si](C)(C)CCOCn1c(C(=O)O)c(C#CC(=O)Nc2ccccc2)c2c(Cl)cc(Cl)cc21. The number of ether oxygens (including phenoxy) is 1. The smallest absolute Gasteiger partial charge is 0.353 e. The van der Waals surface area contributed by atoms with E-state index in [4.69, 9.17) is 27.9 Å². The van der Waals surface area contributed by atoms with E-state index in [-0.39, 0.29) is 23.0 Å². The Labute approximate surface area is 203 Å². The predicted octanol–water partition coefficient (Wildman–Crippen LogP) is 5.95. The number of para-hydroxylation sites is 1. The number of nitrogens with zero attached hydrogens (tertiary/aromatic N) is 1. The molecule has 0 bridgehead atoms. The summed E-state index contributed by atoms with van der Waals surface area (Å²) in [6.45, 7) is 7.20. The summed E-state index contributed by atoms with van der Waals surface area (Å²) < 4.78 is 7.30. The summed E-state index contributed by atoms with van der Waals surface area (Å²) in [5.41, 5.74) is 1.09. The Kier molecular flexibility index (Phi) is 7.87. The van der Waals surface area contributed by atoms with Crippen molar-refractivity contribution in [3.63, 3.8) is 0 Å². The Hall–Kier alpha value is -2.76. The number of halogens is 2. The Balaban J connectivity index is 2.02. The third-order valence-electron chi connectivity index (χ3n) is 4.83. The van der Waals surface area contributed by atoms with Gasteiger partial charge in [0.25, 0.3) is 0 Å². The van der Waals surface area contributed by atoms with Gasteiger partial charge in [-0.3, -0.25) is 4.79 Å². The number of hydrogen-bond acceptors (Lipinski definition) is 3. The first-order valence-corrected chi connectivity index (χ1v) is 14.7. The zero-order valence-corrected chi connectivity index (χ0v) is 21.0. The second kappa shape index (κ2) is 10.4. The van der Waals surface area contributed by atoms with E-state index in [0.717, 1.165) is 6.04 Å². The first-order chi connectivity index (χ1) is 15.6. The summed E-state index contributed by atoms with van der Waals surface area (Å²) in [6, 6.07) is 12.9. The number of carboxylic acids is 1. The highest BCUT2D eigenvalue weighted by Crippen LogP contribution is 2.34. The monoisotopic (exact) mass is 502 g/mol. The number of carbonyl (C=O) groups is 2. The van der Waals surface area contributed by atoms with E-state index in [0.29, 0.717) is 28.2 Å². The number of carboxylic acid groups (broad SMARTS) is 1. The summed E-state index contributed by atoms with van der Waals surface area (Å²) in [5, 5.41) is 13.6. The highest BCUT2D eigenvalue weighted by Gasteiger charge is 2.24. The van der Waals surface area contributed by atoms with E-state index < -0.39 is 20.0 Å². The van der Waals surface area contributed by atoms with E-state index >= 15 is 0 Å².